The van der Waals surface area contributed by atoms with E-state index in [9.17, 15) is 0 Å². The lowest BCUT2D eigenvalue weighted by atomic mass is 9.80. The molecule has 0 aromatic carbocycles. The van der Waals surface area contributed by atoms with Crippen molar-refractivity contribution in [2.45, 2.75) is 19.4 Å². The molecule has 24 heavy (non-hydrogen) atoms. The molecule has 4 rings (SSSR count). The van der Waals surface area contributed by atoms with Gasteiger partial charge in [-0.15, -0.1) is 10.2 Å². The smallest absolute Gasteiger partial charge is 0.208 e. The second-order valence-electron chi connectivity index (χ2n) is 6.83. The fourth-order valence-electron chi connectivity index (χ4n) is 3.86. The van der Waals surface area contributed by atoms with Gasteiger partial charge in [-0.1, -0.05) is 17.4 Å². The van der Waals surface area contributed by atoms with E-state index in [-0.39, 0.29) is 5.41 Å². The van der Waals surface area contributed by atoms with Gasteiger partial charge in [0, 0.05) is 44.3 Å². The first-order chi connectivity index (χ1) is 11.8. The van der Waals surface area contributed by atoms with Crippen molar-refractivity contribution >= 4 is 16.5 Å². The Morgan fingerprint density at radius 3 is 3.08 bits per heavy atom. The van der Waals surface area contributed by atoms with Gasteiger partial charge < -0.3 is 9.64 Å². The van der Waals surface area contributed by atoms with Gasteiger partial charge in [0.1, 0.15) is 5.51 Å². The van der Waals surface area contributed by atoms with Gasteiger partial charge in [0.25, 0.3) is 0 Å². The van der Waals surface area contributed by atoms with E-state index in [2.05, 4.69) is 37.1 Å². The number of pyridine rings is 1. The molecule has 1 unspecified atom stereocenters. The standard InChI is InChI=1S/C17H23N5OS/c1-2-6-18-15(4-1)10-21-8-9-23-13-17(11-21)5-3-7-22(12-17)16-20-19-14-24-16/h1-2,4,6,14H,3,5,7-13H2. The molecule has 4 heterocycles. The van der Waals surface area contributed by atoms with Crippen LogP contribution in [0.25, 0.3) is 0 Å². The van der Waals surface area contributed by atoms with E-state index in [1.54, 1.807) is 11.3 Å². The highest BCUT2D eigenvalue weighted by atomic mass is 32.1. The zero-order valence-electron chi connectivity index (χ0n) is 13.8. The van der Waals surface area contributed by atoms with Crippen molar-refractivity contribution in [3.8, 4) is 0 Å². The molecule has 2 aliphatic rings. The molecule has 6 nitrogen and oxygen atoms in total. The summed E-state index contributed by atoms with van der Waals surface area (Å²) in [6.45, 7) is 6.62. The Bertz CT molecular complexity index is 638. The molecule has 7 heteroatoms. The summed E-state index contributed by atoms with van der Waals surface area (Å²) in [7, 11) is 0. The van der Waals surface area contributed by atoms with Crippen molar-refractivity contribution in [2.24, 2.45) is 5.41 Å². The quantitative estimate of drug-likeness (QED) is 0.849. The fourth-order valence-corrected chi connectivity index (χ4v) is 4.45. The average Bonchev–Trinajstić information content (AvgIpc) is 3.08. The fraction of sp³-hybridized carbons (Fsp3) is 0.588. The topological polar surface area (TPSA) is 54.4 Å². The summed E-state index contributed by atoms with van der Waals surface area (Å²) in [5, 5.41) is 9.29. The minimum atomic E-state index is 0.176. The van der Waals surface area contributed by atoms with Gasteiger partial charge in [-0.3, -0.25) is 9.88 Å². The Morgan fingerprint density at radius 1 is 1.25 bits per heavy atom. The summed E-state index contributed by atoms with van der Waals surface area (Å²) >= 11 is 1.62. The van der Waals surface area contributed by atoms with E-state index < -0.39 is 0 Å². The number of ether oxygens (including phenoxy) is 1. The van der Waals surface area contributed by atoms with Crippen molar-refractivity contribution in [3.05, 3.63) is 35.6 Å². The van der Waals surface area contributed by atoms with E-state index in [4.69, 9.17) is 4.74 Å². The highest BCUT2D eigenvalue weighted by molar-refractivity contribution is 7.13. The molecule has 0 amide bonds. The molecular formula is C17H23N5OS. The first-order valence-corrected chi connectivity index (χ1v) is 9.42. The van der Waals surface area contributed by atoms with Crippen LogP contribution in [0.1, 0.15) is 18.5 Å². The summed E-state index contributed by atoms with van der Waals surface area (Å²) in [6.07, 6.45) is 4.26. The van der Waals surface area contributed by atoms with E-state index in [0.29, 0.717) is 0 Å². The van der Waals surface area contributed by atoms with Gasteiger partial charge in [-0.2, -0.15) is 0 Å². The summed E-state index contributed by atoms with van der Waals surface area (Å²) in [5.41, 5.74) is 3.12. The maximum absolute atomic E-state index is 6.00. The second-order valence-corrected chi connectivity index (χ2v) is 7.64. The van der Waals surface area contributed by atoms with Gasteiger partial charge >= 0.3 is 0 Å². The molecule has 2 aromatic rings. The van der Waals surface area contributed by atoms with Crippen LogP contribution in [0.5, 0.6) is 0 Å². The van der Waals surface area contributed by atoms with E-state index in [1.165, 1.54) is 12.8 Å². The zero-order valence-corrected chi connectivity index (χ0v) is 14.6. The lowest BCUT2D eigenvalue weighted by Gasteiger charge is -2.43. The third-order valence-corrected chi connectivity index (χ3v) is 5.66. The summed E-state index contributed by atoms with van der Waals surface area (Å²) in [6, 6.07) is 6.13. The van der Waals surface area contributed by atoms with Gasteiger partial charge in [0.05, 0.1) is 18.9 Å². The molecule has 2 aliphatic heterocycles. The Balaban J connectivity index is 1.48. The molecule has 2 fully saturated rings. The largest absolute Gasteiger partial charge is 0.379 e. The van der Waals surface area contributed by atoms with Crippen LogP contribution in [0, 0.1) is 5.41 Å². The Labute approximate surface area is 146 Å². The monoisotopic (exact) mass is 345 g/mol. The average molecular weight is 345 g/mol. The molecule has 0 saturated carbocycles. The Kier molecular flexibility index (Phi) is 4.73. The van der Waals surface area contributed by atoms with Crippen LogP contribution >= 0.6 is 11.3 Å². The second kappa shape index (κ2) is 7.13. The summed E-state index contributed by atoms with van der Waals surface area (Å²) in [4.78, 5) is 9.37. The molecule has 0 bridgehead atoms. The third kappa shape index (κ3) is 3.58. The molecule has 1 atom stereocenters. The molecule has 0 aliphatic carbocycles. The predicted octanol–water partition coefficient (Wildman–Crippen LogP) is 2.05. The van der Waals surface area contributed by atoms with Crippen LogP contribution in [0.3, 0.4) is 0 Å². The highest BCUT2D eigenvalue weighted by Crippen LogP contribution is 2.35. The number of anilines is 1. The number of piperidine rings is 1. The lowest BCUT2D eigenvalue weighted by Crippen LogP contribution is -2.50. The number of hydrogen-bond acceptors (Lipinski definition) is 7. The number of nitrogens with zero attached hydrogens (tertiary/aromatic N) is 5. The molecular weight excluding hydrogens is 322 g/mol. The van der Waals surface area contributed by atoms with Crippen molar-refractivity contribution in [1.82, 2.24) is 20.1 Å². The van der Waals surface area contributed by atoms with Crippen molar-refractivity contribution < 1.29 is 4.74 Å². The van der Waals surface area contributed by atoms with Crippen LogP contribution in [0.2, 0.25) is 0 Å². The normalized spacial score (nSPS) is 25.8. The molecule has 128 valence electrons. The minimum Gasteiger partial charge on any atom is -0.379 e. The predicted molar refractivity (Wildman–Crippen MR) is 94.1 cm³/mol. The number of hydrogen-bond donors (Lipinski definition) is 0. The van der Waals surface area contributed by atoms with Crippen LogP contribution in [0.4, 0.5) is 5.13 Å². The minimum absolute atomic E-state index is 0.176. The van der Waals surface area contributed by atoms with Crippen LogP contribution in [-0.4, -0.2) is 59.5 Å². The highest BCUT2D eigenvalue weighted by Gasteiger charge is 2.39. The number of rotatable bonds is 3. The first-order valence-electron chi connectivity index (χ1n) is 8.54. The Morgan fingerprint density at radius 2 is 2.25 bits per heavy atom. The van der Waals surface area contributed by atoms with E-state index in [0.717, 1.165) is 56.8 Å². The lowest BCUT2D eigenvalue weighted by molar-refractivity contribution is 0.0556. The molecule has 1 spiro atoms. The van der Waals surface area contributed by atoms with Crippen molar-refractivity contribution in [3.63, 3.8) is 0 Å². The Hall–Kier alpha value is -1.57. The number of aromatic nitrogens is 3. The van der Waals surface area contributed by atoms with Crippen molar-refractivity contribution in [2.75, 3.05) is 44.3 Å². The first kappa shape index (κ1) is 15.9. The van der Waals surface area contributed by atoms with E-state index in [1.807, 2.05) is 17.8 Å². The maximum Gasteiger partial charge on any atom is 0.208 e. The molecule has 0 radical (unpaired) electrons. The van der Waals surface area contributed by atoms with Gasteiger partial charge in [-0.05, 0) is 25.0 Å². The summed E-state index contributed by atoms with van der Waals surface area (Å²) < 4.78 is 6.00. The summed E-state index contributed by atoms with van der Waals surface area (Å²) in [5.74, 6) is 0. The van der Waals surface area contributed by atoms with Gasteiger partial charge in [0.15, 0.2) is 0 Å². The SMILES string of the molecule is c1ccc(CN2CCOCC3(CCCN(c4nncs4)C3)C2)nc1. The van der Waals surface area contributed by atoms with Crippen LogP contribution < -0.4 is 4.90 Å². The maximum atomic E-state index is 6.00. The van der Waals surface area contributed by atoms with Crippen LogP contribution in [-0.2, 0) is 11.3 Å². The zero-order chi connectivity index (χ0) is 16.2. The van der Waals surface area contributed by atoms with Gasteiger partial charge in [-0.25, -0.2) is 0 Å². The van der Waals surface area contributed by atoms with Gasteiger partial charge in [0.2, 0.25) is 5.13 Å². The van der Waals surface area contributed by atoms with E-state index >= 15 is 0 Å². The third-order valence-electron chi connectivity index (χ3n) is 4.91. The van der Waals surface area contributed by atoms with Crippen molar-refractivity contribution in [1.29, 1.82) is 0 Å². The van der Waals surface area contributed by atoms with Crippen LogP contribution in [0.15, 0.2) is 29.9 Å². The molecule has 2 saturated heterocycles. The molecule has 0 N–H and O–H groups in total. The molecule has 2 aromatic heterocycles.